The summed E-state index contributed by atoms with van der Waals surface area (Å²) in [6.07, 6.45) is 3.39. The number of anilines is 1. The summed E-state index contributed by atoms with van der Waals surface area (Å²) < 4.78 is 2.93. The molecular weight excluding hydrogens is 268 g/mol. The highest BCUT2D eigenvalue weighted by Gasteiger charge is 2.00. The van der Waals surface area contributed by atoms with Gasteiger partial charge in [-0.05, 0) is 11.6 Å². The van der Waals surface area contributed by atoms with Gasteiger partial charge in [0.2, 0.25) is 5.43 Å². The fourth-order valence-electron chi connectivity index (χ4n) is 1.47. The van der Waals surface area contributed by atoms with Crippen LogP contribution in [0.25, 0.3) is 0 Å². The first-order valence-corrected chi connectivity index (χ1v) is 5.65. The topological polar surface area (TPSA) is 48.0 Å². The van der Waals surface area contributed by atoms with Crippen LogP contribution in [0.1, 0.15) is 5.56 Å². The third-order valence-electron chi connectivity index (χ3n) is 2.32. The second kappa shape index (κ2) is 4.53. The van der Waals surface area contributed by atoms with Crippen molar-refractivity contribution in [2.24, 2.45) is 0 Å². The van der Waals surface area contributed by atoms with Gasteiger partial charge in [0.15, 0.2) is 0 Å². The summed E-state index contributed by atoms with van der Waals surface area (Å²) >= 11 is 3.48. The fourth-order valence-corrected chi connectivity index (χ4v) is 1.88. The van der Waals surface area contributed by atoms with Crippen LogP contribution in [0, 0.1) is 0 Å². The molecule has 2 N–H and O–H groups in total. The summed E-state index contributed by atoms with van der Waals surface area (Å²) in [6, 6.07) is 9.44. The van der Waals surface area contributed by atoms with Crippen LogP contribution >= 0.6 is 15.9 Å². The molecular formula is C12H11BrN2O. The Hall–Kier alpha value is -1.55. The van der Waals surface area contributed by atoms with Crippen molar-refractivity contribution in [1.29, 1.82) is 0 Å². The Morgan fingerprint density at radius 2 is 2.00 bits per heavy atom. The molecule has 0 saturated carbocycles. The Morgan fingerprint density at radius 1 is 1.25 bits per heavy atom. The van der Waals surface area contributed by atoms with Crippen molar-refractivity contribution >= 4 is 21.6 Å². The molecule has 82 valence electrons. The van der Waals surface area contributed by atoms with E-state index in [1.807, 2.05) is 28.8 Å². The second-order valence-corrected chi connectivity index (χ2v) is 4.38. The standard InChI is InChI=1S/C12H11BrN2O/c13-10-4-2-1-3-9(10)7-15-6-5-12(16)11(14)8-15/h1-6,8H,7,14H2. The molecule has 0 radical (unpaired) electrons. The molecule has 4 heteroatoms. The first-order valence-electron chi connectivity index (χ1n) is 4.86. The molecule has 1 aromatic heterocycles. The van der Waals surface area contributed by atoms with Gasteiger partial charge in [-0.25, -0.2) is 0 Å². The van der Waals surface area contributed by atoms with Crippen molar-refractivity contribution in [2.75, 3.05) is 5.73 Å². The summed E-state index contributed by atoms with van der Waals surface area (Å²) in [4.78, 5) is 11.1. The monoisotopic (exact) mass is 278 g/mol. The van der Waals surface area contributed by atoms with E-state index < -0.39 is 0 Å². The molecule has 3 nitrogen and oxygen atoms in total. The molecule has 2 rings (SSSR count). The third kappa shape index (κ3) is 2.33. The van der Waals surface area contributed by atoms with Crippen LogP contribution in [0.4, 0.5) is 5.69 Å². The van der Waals surface area contributed by atoms with Gasteiger partial charge in [-0.3, -0.25) is 4.79 Å². The quantitative estimate of drug-likeness (QED) is 0.916. The van der Waals surface area contributed by atoms with E-state index in [0.29, 0.717) is 6.54 Å². The number of nitrogen functional groups attached to an aromatic ring is 1. The highest BCUT2D eigenvalue weighted by molar-refractivity contribution is 9.10. The largest absolute Gasteiger partial charge is 0.394 e. The fraction of sp³-hybridized carbons (Fsp3) is 0.0833. The van der Waals surface area contributed by atoms with E-state index >= 15 is 0 Å². The van der Waals surface area contributed by atoms with E-state index in [0.717, 1.165) is 10.0 Å². The van der Waals surface area contributed by atoms with Crippen LogP contribution in [0.5, 0.6) is 0 Å². The predicted molar refractivity (Wildman–Crippen MR) is 68.4 cm³/mol. The lowest BCUT2D eigenvalue weighted by molar-refractivity contribution is 0.788. The highest BCUT2D eigenvalue weighted by atomic mass is 79.9. The minimum atomic E-state index is -0.136. The van der Waals surface area contributed by atoms with Crippen LogP contribution in [-0.2, 0) is 6.54 Å². The number of halogens is 1. The van der Waals surface area contributed by atoms with Crippen molar-refractivity contribution in [3.05, 3.63) is 63.0 Å². The van der Waals surface area contributed by atoms with Crippen molar-refractivity contribution in [3.8, 4) is 0 Å². The zero-order valence-electron chi connectivity index (χ0n) is 8.56. The number of aromatic nitrogens is 1. The minimum Gasteiger partial charge on any atom is -0.394 e. The summed E-state index contributed by atoms with van der Waals surface area (Å²) in [7, 11) is 0. The van der Waals surface area contributed by atoms with Gasteiger partial charge in [-0.15, -0.1) is 0 Å². The summed E-state index contributed by atoms with van der Waals surface area (Å²) in [5, 5.41) is 0. The van der Waals surface area contributed by atoms with Gasteiger partial charge in [0, 0.05) is 29.5 Å². The smallest absolute Gasteiger partial charge is 0.204 e. The molecule has 0 spiro atoms. The number of rotatable bonds is 2. The number of benzene rings is 1. The molecule has 0 atom stereocenters. The zero-order valence-corrected chi connectivity index (χ0v) is 10.1. The zero-order chi connectivity index (χ0) is 11.5. The molecule has 16 heavy (non-hydrogen) atoms. The maximum Gasteiger partial charge on any atom is 0.204 e. The molecule has 0 unspecified atom stereocenters. The van der Waals surface area contributed by atoms with Crippen molar-refractivity contribution in [2.45, 2.75) is 6.54 Å². The predicted octanol–water partition coefficient (Wildman–Crippen LogP) is 2.24. The van der Waals surface area contributed by atoms with E-state index in [-0.39, 0.29) is 11.1 Å². The first kappa shape index (κ1) is 11.0. The lowest BCUT2D eigenvalue weighted by Gasteiger charge is -2.08. The normalized spacial score (nSPS) is 10.3. The van der Waals surface area contributed by atoms with E-state index in [1.54, 1.807) is 12.4 Å². The third-order valence-corrected chi connectivity index (χ3v) is 3.09. The van der Waals surface area contributed by atoms with Crippen molar-refractivity contribution in [3.63, 3.8) is 0 Å². The van der Waals surface area contributed by atoms with E-state index in [9.17, 15) is 4.79 Å². The molecule has 0 fully saturated rings. The number of pyridine rings is 1. The number of nitrogens with two attached hydrogens (primary N) is 1. The minimum absolute atomic E-state index is 0.136. The van der Waals surface area contributed by atoms with Crippen LogP contribution in [0.15, 0.2) is 52.0 Å². The second-order valence-electron chi connectivity index (χ2n) is 3.53. The van der Waals surface area contributed by atoms with E-state index in [4.69, 9.17) is 5.73 Å². The van der Waals surface area contributed by atoms with Gasteiger partial charge >= 0.3 is 0 Å². The molecule has 1 aromatic carbocycles. The molecule has 0 bridgehead atoms. The Labute approximate surface area is 102 Å². The van der Waals surface area contributed by atoms with Gasteiger partial charge in [0.25, 0.3) is 0 Å². The lowest BCUT2D eigenvalue weighted by atomic mass is 10.2. The molecule has 0 saturated heterocycles. The maximum absolute atomic E-state index is 11.1. The van der Waals surface area contributed by atoms with E-state index in [1.165, 1.54) is 6.07 Å². The number of nitrogens with zero attached hydrogens (tertiary/aromatic N) is 1. The van der Waals surface area contributed by atoms with Gasteiger partial charge in [-0.1, -0.05) is 34.1 Å². The van der Waals surface area contributed by atoms with Gasteiger partial charge in [-0.2, -0.15) is 0 Å². The van der Waals surface area contributed by atoms with Crippen LogP contribution in [0.2, 0.25) is 0 Å². The van der Waals surface area contributed by atoms with Crippen molar-refractivity contribution in [1.82, 2.24) is 4.57 Å². The Balaban J connectivity index is 2.31. The SMILES string of the molecule is Nc1cn(Cc2ccccc2Br)ccc1=O. The lowest BCUT2D eigenvalue weighted by Crippen LogP contribution is -2.11. The molecule has 2 aromatic rings. The summed E-state index contributed by atoms with van der Waals surface area (Å²) in [5.41, 5.74) is 6.85. The molecule has 0 amide bonds. The van der Waals surface area contributed by atoms with Gasteiger partial charge in [0.05, 0.1) is 5.69 Å². The van der Waals surface area contributed by atoms with Gasteiger partial charge in [0.1, 0.15) is 0 Å². The van der Waals surface area contributed by atoms with Crippen LogP contribution < -0.4 is 11.2 Å². The molecule has 1 heterocycles. The first-order chi connectivity index (χ1) is 7.66. The Morgan fingerprint density at radius 3 is 2.69 bits per heavy atom. The Bertz CT molecular complexity index is 563. The summed E-state index contributed by atoms with van der Waals surface area (Å²) in [5.74, 6) is 0. The van der Waals surface area contributed by atoms with Crippen LogP contribution in [-0.4, -0.2) is 4.57 Å². The highest BCUT2D eigenvalue weighted by Crippen LogP contribution is 2.16. The Kier molecular flexibility index (Phi) is 3.10. The average molecular weight is 279 g/mol. The molecule has 0 aliphatic carbocycles. The van der Waals surface area contributed by atoms with Crippen molar-refractivity contribution < 1.29 is 0 Å². The average Bonchev–Trinajstić information content (AvgIpc) is 2.27. The molecule has 0 aliphatic heterocycles. The number of hydrogen-bond acceptors (Lipinski definition) is 2. The number of hydrogen-bond donors (Lipinski definition) is 1. The van der Waals surface area contributed by atoms with Crippen LogP contribution in [0.3, 0.4) is 0 Å². The van der Waals surface area contributed by atoms with Gasteiger partial charge < -0.3 is 10.3 Å². The molecule has 0 aliphatic rings. The maximum atomic E-state index is 11.1. The summed E-state index contributed by atoms with van der Waals surface area (Å²) in [6.45, 7) is 0.686. The van der Waals surface area contributed by atoms with E-state index in [2.05, 4.69) is 15.9 Å².